The molecule has 0 spiro atoms. The highest BCUT2D eigenvalue weighted by molar-refractivity contribution is 7.90. The van der Waals surface area contributed by atoms with Gasteiger partial charge in [-0.25, -0.2) is 22.2 Å². The Bertz CT molecular complexity index is 1080. The molecule has 4 nitrogen and oxygen atoms in total. The van der Waals surface area contributed by atoms with E-state index in [4.69, 9.17) is 0 Å². The number of sulfone groups is 1. The van der Waals surface area contributed by atoms with Crippen molar-refractivity contribution in [2.45, 2.75) is 16.8 Å². The lowest BCUT2D eigenvalue weighted by Crippen LogP contribution is -2.08. The third-order valence-electron chi connectivity index (χ3n) is 3.55. The molecule has 27 heavy (non-hydrogen) atoms. The number of hydrogen-bond donors (Lipinski definition) is 0. The first kappa shape index (κ1) is 19.0. The van der Waals surface area contributed by atoms with Gasteiger partial charge in [0.1, 0.15) is 11.4 Å². The van der Waals surface area contributed by atoms with Crippen LogP contribution in [0.5, 0.6) is 0 Å². The zero-order valence-corrected chi connectivity index (χ0v) is 14.1. The maximum Gasteiger partial charge on any atom is 0.468 e. The Labute approximate surface area is 150 Å². The molecule has 0 atom stereocenters. The van der Waals surface area contributed by atoms with E-state index < -0.39 is 50.7 Å². The van der Waals surface area contributed by atoms with Gasteiger partial charge < -0.3 is 4.42 Å². The number of aromatic nitrogens is 1. The van der Waals surface area contributed by atoms with Crippen molar-refractivity contribution in [3.8, 4) is 11.3 Å². The second kappa shape index (κ2) is 6.76. The van der Waals surface area contributed by atoms with Crippen LogP contribution in [-0.4, -0.2) is 13.4 Å². The molecule has 0 fully saturated rings. The lowest BCUT2D eigenvalue weighted by atomic mass is 10.1. The van der Waals surface area contributed by atoms with Crippen LogP contribution in [0.4, 0.5) is 22.0 Å². The van der Waals surface area contributed by atoms with E-state index >= 15 is 0 Å². The summed E-state index contributed by atoms with van der Waals surface area (Å²) >= 11 is 0. The predicted molar refractivity (Wildman–Crippen MR) is 84.2 cm³/mol. The summed E-state index contributed by atoms with van der Waals surface area (Å²) in [4.78, 5) is 3.11. The van der Waals surface area contributed by atoms with E-state index in [-0.39, 0.29) is 10.5 Å². The van der Waals surface area contributed by atoms with Crippen LogP contribution < -0.4 is 0 Å². The van der Waals surface area contributed by atoms with E-state index in [0.29, 0.717) is 12.1 Å². The van der Waals surface area contributed by atoms with Crippen molar-refractivity contribution in [1.82, 2.24) is 4.98 Å². The predicted octanol–water partition coefficient (Wildman–Crippen LogP) is 4.61. The van der Waals surface area contributed by atoms with Crippen LogP contribution in [0.25, 0.3) is 11.3 Å². The van der Waals surface area contributed by atoms with E-state index in [1.54, 1.807) is 6.07 Å². The van der Waals surface area contributed by atoms with Gasteiger partial charge in [0, 0.05) is 5.56 Å². The molecule has 0 bridgehead atoms. The average molecular weight is 403 g/mol. The van der Waals surface area contributed by atoms with E-state index in [1.807, 2.05) is 0 Å². The zero-order valence-electron chi connectivity index (χ0n) is 13.3. The van der Waals surface area contributed by atoms with Gasteiger partial charge in [0.05, 0.1) is 4.90 Å². The molecule has 0 aliphatic rings. The van der Waals surface area contributed by atoms with Gasteiger partial charge in [-0.3, -0.25) is 0 Å². The quantitative estimate of drug-likeness (QED) is 0.597. The van der Waals surface area contributed by atoms with Gasteiger partial charge in [-0.15, -0.1) is 0 Å². The van der Waals surface area contributed by atoms with Crippen LogP contribution in [0, 0.1) is 11.6 Å². The average Bonchev–Trinajstić information content (AvgIpc) is 3.01. The molecule has 2 aromatic carbocycles. The molecule has 0 aliphatic heterocycles. The monoisotopic (exact) mass is 403 g/mol. The Hall–Kier alpha value is -2.75. The van der Waals surface area contributed by atoms with Crippen LogP contribution in [0.1, 0.15) is 11.6 Å². The Morgan fingerprint density at radius 3 is 2.22 bits per heavy atom. The second-order valence-corrected chi connectivity index (χ2v) is 7.48. The van der Waals surface area contributed by atoms with E-state index in [1.165, 1.54) is 24.3 Å². The summed E-state index contributed by atoms with van der Waals surface area (Å²) in [5.74, 6) is -5.73. The molecule has 0 amide bonds. The van der Waals surface area contributed by atoms with Crippen LogP contribution in [0.2, 0.25) is 0 Å². The van der Waals surface area contributed by atoms with Gasteiger partial charge in [0.15, 0.2) is 27.2 Å². The normalized spacial score (nSPS) is 12.3. The molecule has 0 N–H and O–H groups in total. The molecule has 0 saturated carbocycles. The fourth-order valence-electron chi connectivity index (χ4n) is 2.32. The standard InChI is InChI=1S/C17H10F5NO3S/c18-12-7-6-10(8-13(12)19)15-14(23-16(26-15)17(20,21)22)9-27(24,25)11-4-2-1-3-5-11/h1-8H,9H2. The van der Waals surface area contributed by atoms with E-state index in [0.717, 1.165) is 6.07 Å². The summed E-state index contributed by atoms with van der Waals surface area (Å²) < 4.78 is 95.0. The summed E-state index contributed by atoms with van der Waals surface area (Å²) in [7, 11) is -4.05. The number of rotatable bonds is 4. The van der Waals surface area contributed by atoms with Gasteiger partial charge >= 0.3 is 12.1 Å². The molecule has 10 heteroatoms. The molecule has 0 aliphatic carbocycles. The van der Waals surface area contributed by atoms with Crippen LogP contribution in [0.3, 0.4) is 0 Å². The molecular formula is C17H10F5NO3S. The highest BCUT2D eigenvalue weighted by Gasteiger charge is 2.39. The molecule has 1 heterocycles. The highest BCUT2D eigenvalue weighted by Crippen LogP contribution is 2.35. The third-order valence-corrected chi connectivity index (χ3v) is 5.19. The first-order chi connectivity index (χ1) is 12.6. The van der Waals surface area contributed by atoms with Crippen molar-refractivity contribution in [3.05, 3.63) is 71.8 Å². The number of alkyl halides is 3. The van der Waals surface area contributed by atoms with E-state index in [2.05, 4.69) is 9.40 Å². The molecular weight excluding hydrogens is 393 g/mol. The van der Waals surface area contributed by atoms with Crippen molar-refractivity contribution < 1.29 is 34.8 Å². The maximum absolute atomic E-state index is 13.5. The number of oxazole rings is 1. The van der Waals surface area contributed by atoms with Crippen LogP contribution in [0.15, 0.2) is 57.8 Å². The highest BCUT2D eigenvalue weighted by atomic mass is 32.2. The summed E-state index contributed by atoms with van der Waals surface area (Å²) in [6.45, 7) is 0. The van der Waals surface area contributed by atoms with Crippen molar-refractivity contribution >= 4 is 9.84 Å². The van der Waals surface area contributed by atoms with Crippen molar-refractivity contribution in [1.29, 1.82) is 0 Å². The molecule has 1 aromatic heterocycles. The number of hydrogen-bond acceptors (Lipinski definition) is 4. The first-order valence-electron chi connectivity index (χ1n) is 7.38. The smallest absolute Gasteiger partial charge is 0.433 e. The molecule has 0 saturated heterocycles. The van der Waals surface area contributed by atoms with Crippen LogP contribution >= 0.6 is 0 Å². The van der Waals surface area contributed by atoms with Gasteiger partial charge in [-0.2, -0.15) is 13.2 Å². The largest absolute Gasteiger partial charge is 0.468 e. The summed E-state index contributed by atoms with van der Waals surface area (Å²) in [6.07, 6.45) is -4.98. The number of nitrogens with zero attached hydrogens (tertiary/aromatic N) is 1. The molecule has 0 radical (unpaired) electrons. The Kier molecular flexibility index (Phi) is 4.77. The van der Waals surface area contributed by atoms with Crippen molar-refractivity contribution in [2.75, 3.05) is 0 Å². The lowest BCUT2D eigenvalue weighted by Gasteiger charge is -2.04. The van der Waals surface area contributed by atoms with Gasteiger partial charge in [-0.1, -0.05) is 18.2 Å². The number of halogens is 5. The molecule has 3 rings (SSSR count). The second-order valence-electron chi connectivity index (χ2n) is 5.49. The topological polar surface area (TPSA) is 60.2 Å². The Morgan fingerprint density at radius 2 is 1.63 bits per heavy atom. The maximum atomic E-state index is 13.5. The lowest BCUT2D eigenvalue weighted by molar-refractivity contribution is -0.156. The minimum atomic E-state index is -4.98. The third kappa shape index (κ3) is 4.00. The van der Waals surface area contributed by atoms with Gasteiger partial charge in [-0.05, 0) is 30.3 Å². The van der Waals surface area contributed by atoms with Gasteiger partial charge in [0.25, 0.3) is 0 Å². The fourth-order valence-corrected chi connectivity index (χ4v) is 3.62. The van der Waals surface area contributed by atoms with Gasteiger partial charge in [0.2, 0.25) is 0 Å². The molecule has 3 aromatic rings. The molecule has 142 valence electrons. The SMILES string of the molecule is O=S(=O)(Cc1nc(C(F)(F)F)oc1-c1ccc(F)c(F)c1)c1ccccc1. The molecule has 0 unspecified atom stereocenters. The summed E-state index contributed by atoms with van der Waals surface area (Å²) in [5.41, 5.74) is -0.827. The summed E-state index contributed by atoms with van der Waals surface area (Å²) in [6, 6.07) is 9.29. The van der Waals surface area contributed by atoms with Crippen molar-refractivity contribution in [3.63, 3.8) is 0 Å². The van der Waals surface area contributed by atoms with Crippen LogP contribution in [-0.2, 0) is 21.8 Å². The van der Waals surface area contributed by atoms with Crippen molar-refractivity contribution in [2.24, 2.45) is 0 Å². The summed E-state index contributed by atoms with van der Waals surface area (Å²) in [5, 5.41) is 0. The fraction of sp³-hybridized carbons (Fsp3) is 0.118. The van der Waals surface area contributed by atoms with E-state index in [9.17, 15) is 30.4 Å². The zero-order chi connectivity index (χ0) is 19.8. The number of benzene rings is 2. The Morgan fingerprint density at radius 1 is 0.963 bits per heavy atom. The minimum absolute atomic E-state index is 0.127. The minimum Gasteiger partial charge on any atom is -0.433 e. The Balaban J connectivity index is 2.11. The first-order valence-corrected chi connectivity index (χ1v) is 9.03.